The van der Waals surface area contributed by atoms with Crippen LogP contribution in [0.1, 0.15) is 36.2 Å². The number of carbonyl (C=O) groups excluding carboxylic acids is 1. The van der Waals surface area contributed by atoms with Crippen molar-refractivity contribution in [3.63, 3.8) is 0 Å². The molecule has 0 aliphatic heterocycles. The van der Waals surface area contributed by atoms with E-state index in [9.17, 15) is 9.18 Å². The second-order valence-corrected chi connectivity index (χ2v) is 6.63. The summed E-state index contributed by atoms with van der Waals surface area (Å²) in [6.45, 7) is 4.51. The van der Waals surface area contributed by atoms with Gasteiger partial charge in [-0.25, -0.2) is 4.39 Å². The number of aliphatic hydroxyl groups excluding tert-OH is 1. The van der Waals surface area contributed by atoms with E-state index in [-0.39, 0.29) is 23.7 Å². The number of nitrogens with one attached hydrogen (secondary N) is 1. The first kappa shape index (κ1) is 17.5. The standard InChI is InChI=1S/C16H20FNO2S/c1-16(2,21-3)11-18-15(20)14-8-7-13(17)10-12(14)6-4-5-9-19/h7-8,10,19H,5,9,11H2,1-3H3,(H,18,20). The lowest BCUT2D eigenvalue weighted by molar-refractivity contribution is 0.0950. The molecule has 0 saturated carbocycles. The van der Waals surface area contributed by atoms with Gasteiger partial charge in [0.15, 0.2) is 0 Å². The van der Waals surface area contributed by atoms with Crippen LogP contribution in [0, 0.1) is 17.7 Å². The molecular formula is C16H20FNO2S. The van der Waals surface area contributed by atoms with E-state index in [4.69, 9.17) is 5.11 Å². The molecule has 21 heavy (non-hydrogen) atoms. The minimum atomic E-state index is -0.440. The van der Waals surface area contributed by atoms with Crippen LogP contribution < -0.4 is 5.32 Å². The molecule has 114 valence electrons. The molecule has 1 rings (SSSR count). The quantitative estimate of drug-likeness (QED) is 0.821. The van der Waals surface area contributed by atoms with Gasteiger partial charge in [-0.15, -0.1) is 0 Å². The molecule has 1 amide bonds. The van der Waals surface area contributed by atoms with Crippen molar-refractivity contribution in [2.75, 3.05) is 19.4 Å². The lowest BCUT2D eigenvalue weighted by atomic mass is 10.1. The number of hydrogen-bond donors (Lipinski definition) is 2. The molecule has 2 N–H and O–H groups in total. The molecule has 1 aromatic rings. The van der Waals surface area contributed by atoms with Crippen molar-refractivity contribution in [3.05, 3.63) is 35.1 Å². The molecule has 0 unspecified atom stereocenters. The highest BCUT2D eigenvalue weighted by Crippen LogP contribution is 2.20. The number of rotatable bonds is 5. The smallest absolute Gasteiger partial charge is 0.252 e. The van der Waals surface area contributed by atoms with Crippen LogP contribution in [-0.4, -0.2) is 35.2 Å². The zero-order valence-corrected chi connectivity index (χ0v) is 13.3. The molecular weight excluding hydrogens is 289 g/mol. The topological polar surface area (TPSA) is 49.3 Å². The van der Waals surface area contributed by atoms with Gasteiger partial charge in [-0.2, -0.15) is 11.8 Å². The minimum absolute atomic E-state index is 0.0637. The Labute approximate surface area is 129 Å². The molecule has 0 aliphatic rings. The third-order valence-corrected chi connectivity index (χ3v) is 4.16. The van der Waals surface area contributed by atoms with E-state index >= 15 is 0 Å². The summed E-state index contributed by atoms with van der Waals surface area (Å²) in [7, 11) is 0. The molecule has 3 nitrogen and oxygen atoms in total. The highest BCUT2D eigenvalue weighted by atomic mass is 32.2. The molecule has 5 heteroatoms. The molecule has 0 spiro atoms. The van der Waals surface area contributed by atoms with Gasteiger partial charge in [-0.1, -0.05) is 11.8 Å². The lowest BCUT2D eigenvalue weighted by Crippen LogP contribution is -2.36. The van der Waals surface area contributed by atoms with Crippen molar-refractivity contribution in [3.8, 4) is 11.8 Å². The molecule has 0 heterocycles. The Balaban J connectivity index is 2.91. The van der Waals surface area contributed by atoms with Crippen molar-refractivity contribution < 1.29 is 14.3 Å². The van der Waals surface area contributed by atoms with Gasteiger partial charge in [-0.05, 0) is 38.3 Å². The highest BCUT2D eigenvalue weighted by molar-refractivity contribution is 7.99. The van der Waals surface area contributed by atoms with E-state index in [2.05, 4.69) is 17.2 Å². The van der Waals surface area contributed by atoms with Gasteiger partial charge < -0.3 is 10.4 Å². The maximum absolute atomic E-state index is 13.3. The number of aliphatic hydroxyl groups is 1. The van der Waals surface area contributed by atoms with E-state index in [1.54, 1.807) is 11.8 Å². The van der Waals surface area contributed by atoms with E-state index in [1.807, 2.05) is 20.1 Å². The fraction of sp³-hybridized carbons (Fsp3) is 0.438. The van der Waals surface area contributed by atoms with Gasteiger partial charge in [0, 0.05) is 23.3 Å². The summed E-state index contributed by atoms with van der Waals surface area (Å²) in [4.78, 5) is 12.2. The summed E-state index contributed by atoms with van der Waals surface area (Å²) < 4.78 is 13.2. The van der Waals surface area contributed by atoms with Crippen LogP contribution in [0.2, 0.25) is 0 Å². The van der Waals surface area contributed by atoms with Gasteiger partial charge in [0.2, 0.25) is 0 Å². The van der Waals surface area contributed by atoms with Gasteiger partial charge in [0.05, 0.1) is 12.2 Å². The molecule has 0 fully saturated rings. The number of benzene rings is 1. The van der Waals surface area contributed by atoms with Crippen molar-refractivity contribution in [1.29, 1.82) is 0 Å². The Morgan fingerprint density at radius 1 is 1.48 bits per heavy atom. The molecule has 0 radical (unpaired) electrons. The molecule has 0 bridgehead atoms. The average molecular weight is 309 g/mol. The monoisotopic (exact) mass is 309 g/mol. The zero-order valence-electron chi connectivity index (χ0n) is 12.5. The van der Waals surface area contributed by atoms with Crippen LogP contribution in [0.15, 0.2) is 18.2 Å². The lowest BCUT2D eigenvalue weighted by Gasteiger charge is -2.22. The maximum atomic E-state index is 13.3. The van der Waals surface area contributed by atoms with Crippen molar-refractivity contribution in [2.45, 2.75) is 25.0 Å². The first-order chi connectivity index (χ1) is 9.89. The Hall–Kier alpha value is -1.51. The highest BCUT2D eigenvalue weighted by Gasteiger charge is 2.18. The Bertz CT molecular complexity index is 561. The Morgan fingerprint density at radius 3 is 2.81 bits per heavy atom. The summed E-state index contributed by atoms with van der Waals surface area (Å²) in [5, 5.41) is 11.6. The first-order valence-electron chi connectivity index (χ1n) is 6.62. The third-order valence-electron chi connectivity index (χ3n) is 2.91. The average Bonchev–Trinajstić information content (AvgIpc) is 2.45. The SMILES string of the molecule is CSC(C)(C)CNC(=O)c1ccc(F)cc1C#CCCO. The van der Waals surface area contributed by atoms with Crippen molar-refractivity contribution in [2.24, 2.45) is 0 Å². The largest absolute Gasteiger partial charge is 0.395 e. The number of thioether (sulfide) groups is 1. The van der Waals surface area contributed by atoms with Gasteiger partial charge in [0.25, 0.3) is 5.91 Å². The van der Waals surface area contributed by atoms with Gasteiger partial charge >= 0.3 is 0 Å². The van der Waals surface area contributed by atoms with Gasteiger partial charge in [0.1, 0.15) is 5.82 Å². The van der Waals surface area contributed by atoms with Crippen molar-refractivity contribution >= 4 is 17.7 Å². The fourth-order valence-corrected chi connectivity index (χ4v) is 1.71. The predicted octanol–water partition coefficient (Wildman–Crippen LogP) is 2.43. The first-order valence-corrected chi connectivity index (χ1v) is 7.85. The molecule has 1 aromatic carbocycles. The number of hydrogen-bond acceptors (Lipinski definition) is 3. The van der Waals surface area contributed by atoms with Crippen LogP contribution in [-0.2, 0) is 0 Å². The number of halogens is 1. The van der Waals surface area contributed by atoms with Crippen LogP contribution in [0.5, 0.6) is 0 Å². The fourth-order valence-electron chi connectivity index (χ4n) is 1.49. The van der Waals surface area contributed by atoms with E-state index in [0.29, 0.717) is 17.7 Å². The van der Waals surface area contributed by atoms with Crippen LogP contribution in [0.3, 0.4) is 0 Å². The molecule has 0 saturated heterocycles. The van der Waals surface area contributed by atoms with Gasteiger partial charge in [-0.3, -0.25) is 4.79 Å². The molecule has 0 atom stereocenters. The van der Waals surface area contributed by atoms with Crippen molar-refractivity contribution in [1.82, 2.24) is 5.32 Å². The summed E-state index contributed by atoms with van der Waals surface area (Å²) in [6.07, 6.45) is 2.27. The maximum Gasteiger partial charge on any atom is 0.252 e. The zero-order chi connectivity index (χ0) is 15.9. The second-order valence-electron chi connectivity index (χ2n) is 5.11. The Morgan fingerprint density at radius 2 is 2.19 bits per heavy atom. The Kier molecular flexibility index (Phi) is 6.73. The summed E-state index contributed by atoms with van der Waals surface area (Å²) in [5.41, 5.74) is 0.682. The minimum Gasteiger partial charge on any atom is -0.395 e. The third kappa shape index (κ3) is 5.78. The predicted molar refractivity (Wildman–Crippen MR) is 84.9 cm³/mol. The summed E-state index contributed by atoms with van der Waals surface area (Å²) in [6, 6.07) is 3.91. The van der Waals surface area contributed by atoms with E-state index in [0.717, 1.165) is 0 Å². The molecule has 0 aromatic heterocycles. The van der Waals surface area contributed by atoms with Crippen LogP contribution in [0.4, 0.5) is 4.39 Å². The summed E-state index contributed by atoms with van der Waals surface area (Å²) >= 11 is 1.66. The van der Waals surface area contributed by atoms with Crippen LogP contribution >= 0.6 is 11.8 Å². The van der Waals surface area contributed by atoms with Crippen LogP contribution in [0.25, 0.3) is 0 Å². The number of carbonyl (C=O) groups is 1. The number of amides is 1. The summed E-state index contributed by atoms with van der Waals surface area (Å²) in [5.74, 6) is 4.72. The second kappa shape index (κ2) is 8.06. The van der Waals surface area contributed by atoms with E-state index in [1.165, 1.54) is 18.2 Å². The molecule has 0 aliphatic carbocycles. The van der Waals surface area contributed by atoms with E-state index < -0.39 is 5.82 Å². The normalized spacial score (nSPS) is 10.7.